The number of anilines is 1. The maximum Gasteiger partial charge on any atom is 0.246 e. The molecule has 2 N–H and O–H groups in total. The number of rotatable bonds is 5. The zero-order chi connectivity index (χ0) is 17.2. The number of sulfonamides is 1. The van der Waals surface area contributed by atoms with E-state index in [4.69, 9.17) is 4.52 Å². The summed E-state index contributed by atoms with van der Waals surface area (Å²) in [6.45, 7) is 6.44. The fourth-order valence-electron chi connectivity index (χ4n) is 2.09. The largest absolute Gasteiger partial charge is 0.360 e. The number of nitrogens with one attached hydrogen (secondary N) is 2. The van der Waals surface area contributed by atoms with Gasteiger partial charge >= 0.3 is 0 Å². The van der Waals surface area contributed by atoms with E-state index in [9.17, 15) is 13.2 Å². The Morgan fingerprint density at radius 2 is 1.78 bits per heavy atom. The molecule has 2 aromatic rings. The third kappa shape index (κ3) is 3.96. The van der Waals surface area contributed by atoms with Crippen LogP contribution in [0.2, 0.25) is 0 Å². The Labute approximate surface area is 135 Å². The topological polar surface area (TPSA) is 101 Å². The smallest absolute Gasteiger partial charge is 0.246 e. The molecule has 7 nitrogen and oxygen atoms in total. The van der Waals surface area contributed by atoms with E-state index in [-0.39, 0.29) is 16.3 Å². The van der Waals surface area contributed by atoms with Crippen molar-refractivity contribution in [2.24, 2.45) is 0 Å². The van der Waals surface area contributed by atoms with Crippen molar-refractivity contribution in [1.29, 1.82) is 0 Å². The number of hydrogen-bond acceptors (Lipinski definition) is 5. The van der Waals surface area contributed by atoms with E-state index in [1.165, 1.54) is 20.8 Å². The van der Waals surface area contributed by atoms with Crippen molar-refractivity contribution in [2.75, 3.05) is 5.32 Å². The summed E-state index contributed by atoms with van der Waals surface area (Å²) in [5, 5.41) is 6.28. The van der Waals surface area contributed by atoms with Gasteiger partial charge in [-0.1, -0.05) is 22.9 Å². The highest BCUT2D eigenvalue weighted by Crippen LogP contribution is 2.19. The van der Waals surface area contributed by atoms with Crippen LogP contribution in [-0.2, 0) is 14.8 Å². The fourth-order valence-corrected chi connectivity index (χ4v) is 3.62. The van der Waals surface area contributed by atoms with Crippen molar-refractivity contribution < 1.29 is 17.7 Å². The molecular formula is C15H19N3O4S. The SMILES string of the molecule is Cc1ccc(NC(=O)[C@@H](C)NS(=O)(=O)c2c(C)noc2C)cc1. The molecule has 1 heterocycles. The zero-order valence-electron chi connectivity index (χ0n) is 13.4. The summed E-state index contributed by atoms with van der Waals surface area (Å²) in [4.78, 5) is 12.1. The summed E-state index contributed by atoms with van der Waals surface area (Å²) in [5.74, 6) is -0.273. The van der Waals surface area contributed by atoms with E-state index >= 15 is 0 Å². The van der Waals surface area contributed by atoms with Crippen LogP contribution in [-0.4, -0.2) is 25.5 Å². The Hall–Kier alpha value is -2.19. The molecule has 23 heavy (non-hydrogen) atoms. The van der Waals surface area contributed by atoms with Crippen LogP contribution < -0.4 is 10.0 Å². The third-order valence-electron chi connectivity index (χ3n) is 3.28. The van der Waals surface area contributed by atoms with Crippen LogP contribution in [0.3, 0.4) is 0 Å². The molecule has 0 aliphatic rings. The molecule has 0 saturated heterocycles. The van der Waals surface area contributed by atoms with Crippen molar-refractivity contribution in [2.45, 2.75) is 38.6 Å². The third-order valence-corrected chi connectivity index (χ3v) is 5.07. The molecule has 0 aliphatic carbocycles. The molecule has 0 aliphatic heterocycles. The second-order valence-electron chi connectivity index (χ2n) is 5.35. The van der Waals surface area contributed by atoms with Crippen LogP contribution in [0.15, 0.2) is 33.7 Å². The van der Waals surface area contributed by atoms with Crippen molar-refractivity contribution in [3.8, 4) is 0 Å². The van der Waals surface area contributed by atoms with E-state index < -0.39 is 22.0 Å². The van der Waals surface area contributed by atoms with Gasteiger partial charge in [-0.2, -0.15) is 4.72 Å². The standard InChI is InChI=1S/C15H19N3O4S/c1-9-5-7-13(8-6-9)16-15(19)11(3)18-23(20,21)14-10(2)17-22-12(14)4/h5-8,11,18H,1-4H3,(H,16,19)/t11-/m1/s1. The average Bonchev–Trinajstić information content (AvgIpc) is 2.80. The van der Waals surface area contributed by atoms with Crippen LogP contribution in [0.25, 0.3) is 0 Å². The molecule has 1 aromatic heterocycles. The molecule has 1 aromatic carbocycles. The van der Waals surface area contributed by atoms with Crippen molar-refractivity contribution in [1.82, 2.24) is 9.88 Å². The molecule has 0 fully saturated rings. The summed E-state index contributed by atoms with van der Waals surface area (Å²) in [7, 11) is -3.89. The Balaban J connectivity index is 2.10. The summed E-state index contributed by atoms with van der Waals surface area (Å²) in [5.41, 5.74) is 1.92. The van der Waals surface area contributed by atoms with Gasteiger partial charge in [-0.05, 0) is 39.8 Å². The van der Waals surface area contributed by atoms with Crippen LogP contribution in [0.1, 0.15) is 23.9 Å². The number of amides is 1. The van der Waals surface area contributed by atoms with Crippen LogP contribution in [0, 0.1) is 20.8 Å². The normalized spacial score (nSPS) is 12.9. The first-order chi connectivity index (χ1) is 10.7. The first-order valence-electron chi connectivity index (χ1n) is 7.03. The van der Waals surface area contributed by atoms with Crippen LogP contribution in [0.5, 0.6) is 0 Å². The van der Waals surface area contributed by atoms with E-state index in [1.807, 2.05) is 19.1 Å². The first kappa shape index (κ1) is 17.2. The summed E-state index contributed by atoms with van der Waals surface area (Å²) in [6.07, 6.45) is 0. The number of benzene rings is 1. The Morgan fingerprint density at radius 3 is 2.30 bits per heavy atom. The minimum Gasteiger partial charge on any atom is -0.360 e. The molecule has 1 amide bonds. The molecule has 0 saturated carbocycles. The van der Waals surface area contributed by atoms with Gasteiger partial charge in [0.2, 0.25) is 15.9 Å². The number of nitrogens with zero attached hydrogens (tertiary/aromatic N) is 1. The predicted octanol–water partition coefficient (Wildman–Crippen LogP) is 1.91. The minimum absolute atomic E-state index is 0.0347. The summed E-state index contributed by atoms with van der Waals surface area (Å²) >= 11 is 0. The lowest BCUT2D eigenvalue weighted by Crippen LogP contribution is -2.41. The molecule has 0 radical (unpaired) electrons. The molecule has 1 atom stereocenters. The second-order valence-corrected chi connectivity index (χ2v) is 7.00. The summed E-state index contributed by atoms with van der Waals surface area (Å²) < 4.78 is 31.9. The number of aromatic nitrogens is 1. The Morgan fingerprint density at radius 1 is 1.17 bits per heavy atom. The maximum absolute atomic E-state index is 12.4. The molecular weight excluding hydrogens is 318 g/mol. The quantitative estimate of drug-likeness (QED) is 0.868. The van der Waals surface area contributed by atoms with Crippen molar-refractivity contribution >= 4 is 21.6 Å². The van der Waals surface area contributed by atoms with E-state index in [1.54, 1.807) is 12.1 Å². The molecule has 0 unspecified atom stereocenters. The number of carbonyl (C=O) groups excluding carboxylic acids is 1. The van der Waals surface area contributed by atoms with Crippen molar-refractivity contribution in [3.63, 3.8) is 0 Å². The van der Waals surface area contributed by atoms with Gasteiger partial charge in [-0.25, -0.2) is 8.42 Å². The second kappa shape index (κ2) is 6.51. The van der Waals surface area contributed by atoms with E-state index in [0.717, 1.165) is 5.56 Å². The number of carbonyl (C=O) groups is 1. The molecule has 8 heteroatoms. The zero-order valence-corrected chi connectivity index (χ0v) is 14.2. The lowest BCUT2D eigenvalue weighted by Gasteiger charge is -2.14. The van der Waals surface area contributed by atoms with Crippen molar-refractivity contribution in [3.05, 3.63) is 41.3 Å². The van der Waals surface area contributed by atoms with Gasteiger partial charge in [0.25, 0.3) is 0 Å². The van der Waals surface area contributed by atoms with Gasteiger partial charge in [0.1, 0.15) is 10.6 Å². The van der Waals surface area contributed by atoms with Crippen LogP contribution in [0.4, 0.5) is 5.69 Å². The van der Waals surface area contributed by atoms with E-state index in [0.29, 0.717) is 5.69 Å². The molecule has 2 rings (SSSR count). The fraction of sp³-hybridized carbons (Fsp3) is 0.333. The predicted molar refractivity (Wildman–Crippen MR) is 85.6 cm³/mol. The molecule has 124 valence electrons. The van der Waals surface area contributed by atoms with Gasteiger partial charge in [-0.15, -0.1) is 0 Å². The van der Waals surface area contributed by atoms with Gasteiger partial charge in [0.05, 0.1) is 6.04 Å². The van der Waals surface area contributed by atoms with Gasteiger partial charge in [0.15, 0.2) is 5.76 Å². The van der Waals surface area contributed by atoms with Gasteiger partial charge in [-0.3, -0.25) is 4.79 Å². The first-order valence-corrected chi connectivity index (χ1v) is 8.52. The highest BCUT2D eigenvalue weighted by atomic mass is 32.2. The highest BCUT2D eigenvalue weighted by molar-refractivity contribution is 7.89. The maximum atomic E-state index is 12.4. The lowest BCUT2D eigenvalue weighted by molar-refractivity contribution is -0.117. The van der Waals surface area contributed by atoms with Gasteiger partial charge < -0.3 is 9.84 Å². The summed E-state index contributed by atoms with van der Waals surface area (Å²) in [6, 6.07) is 6.27. The average molecular weight is 337 g/mol. The van der Waals surface area contributed by atoms with Gasteiger partial charge in [0, 0.05) is 5.69 Å². The number of hydrogen-bond donors (Lipinski definition) is 2. The minimum atomic E-state index is -3.89. The van der Waals surface area contributed by atoms with E-state index in [2.05, 4.69) is 15.2 Å². The molecule has 0 spiro atoms. The highest BCUT2D eigenvalue weighted by Gasteiger charge is 2.28. The van der Waals surface area contributed by atoms with Crippen LogP contribution >= 0.6 is 0 Å². The molecule has 0 bridgehead atoms. The Bertz CT molecular complexity index is 790. The number of aryl methyl sites for hydroxylation is 3. The monoisotopic (exact) mass is 337 g/mol. The Kier molecular flexibility index (Phi) is 4.86. The lowest BCUT2D eigenvalue weighted by atomic mass is 10.2.